The van der Waals surface area contributed by atoms with Crippen molar-refractivity contribution >= 4 is 71.4 Å². The maximum Gasteiger partial charge on any atom is 0.511 e. The molecule has 1 saturated carbocycles. The predicted octanol–water partition coefficient (Wildman–Crippen LogP) is 6.96. The van der Waals surface area contributed by atoms with Crippen molar-refractivity contribution in [3.05, 3.63) is 83.2 Å². The number of rotatable bonds is 22. The molecule has 1 aromatic heterocycles. The number of pyridine rings is 1. The Labute approximate surface area is 409 Å². The lowest BCUT2D eigenvalue weighted by Gasteiger charge is -2.19. The molecule has 0 bridgehead atoms. The molecule has 6 N–H and O–H groups in total. The fourth-order valence-corrected chi connectivity index (χ4v) is 9.14. The topological polar surface area (TPSA) is 272 Å². The van der Waals surface area contributed by atoms with E-state index in [1.807, 2.05) is 11.8 Å². The highest BCUT2D eigenvalue weighted by molar-refractivity contribution is 8.00. The van der Waals surface area contributed by atoms with Crippen molar-refractivity contribution in [2.24, 2.45) is 5.92 Å². The van der Waals surface area contributed by atoms with E-state index in [2.05, 4.69) is 38.1 Å². The number of alkyl carbamates (subject to hydrolysis) is 1. The summed E-state index contributed by atoms with van der Waals surface area (Å²) in [7, 11) is 1.42. The molecular formula is C49H59N7O13S. The summed E-state index contributed by atoms with van der Waals surface area (Å²) in [5.74, 6) is -1.41. The van der Waals surface area contributed by atoms with Crippen LogP contribution < -0.4 is 31.3 Å². The quantitative estimate of drug-likeness (QED) is 0.0113. The number of thioether (sulfide) groups is 1. The standard InChI is InChI=1S/C49H59N7O13S/c1-7-30-21-35(34(22-38(30)64-6)33-19-20-36(45(59)51-23-29-13-14-29)53-41(33)46(60)68-28(5)69-49(63)66-26(2)3)44(58)52-32-17-15-31(16-18-32)43(50)56-48(62)67-27(4)24-65-40(57)12-10-8-9-11-39-42-37(25-70-39)54-47(61)55-42/h7,15-22,26-29,37,39,42H,1,8-14,23-25H2,2-6H3,(H,51,59)(H,52,58)(H2,50,56,62)(H2,54,55,61)/t27?,28?,37?,39-,42?/m1/s1. The van der Waals surface area contributed by atoms with E-state index in [0.29, 0.717) is 41.1 Å². The number of carbonyl (C=O) groups is 7. The molecule has 70 heavy (non-hydrogen) atoms. The van der Waals surface area contributed by atoms with E-state index in [1.165, 1.54) is 68.6 Å². The van der Waals surface area contributed by atoms with Gasteiger partial charge in [-0.05, 0) is 101 Å². The molecule has 3 fully saturated rings. The van der Waals surface area contributed by atoms with Crippen molar-refractivity contribution in [3.63, 3.8) is 0 Å². The summed E-state index contributed by atoms with van der Waals surface area (Å²) in [5, 5.41) is 22.7. The van der Waals surface area contributed by atoms with Gasteiger partial charge in [0, 0.05) is 64.4 Å². The predicted molar refractivity (Wildman–Crippen MR) is 259 cm³/mol. The van der Waals surface area contributed by atoms with Crippen LogP contribution in [0.25, 0.3) is 17.2 Å². The average molecular weight is 986 g/mol. The van der Waals surface area contributed by atoms with Gasteiger partial charge in [0.05, 0.1) is 25.3 Å². The number of fused-ring (bicyclic) bond motifs is 1. The number of aromatic nitrogens is 1. The number of unbranched alkanes of at least 4 members (excludes halogenated alkanes) is 2. The number of hydrogen-bond acceptors (Lipinski definition) is 16. The summed E-state index contributed by atoms with van der Waals surface area (Å²) in [4.78, 5) is 94.3. The maximum absolute atomic E-state index is 14.2. The highest BCUT2D eigenvalue weighted by atomic mass is 32.2. The van der Waals surface area contributed by atoms with Gasteiger partial charge in [0.25, 0.3) is 11.8 Å². The van der Waals surface area contributed by atoms with E-state index < -0.39 is 54.5 Å². The average Bonchev–Trinajstić information content (AvgIpc) is 3.98. The summed E-state index contributed by atoms with van der Waals surface area (Å²) in [6, 6.07) is 12.1. The first-order valence-corrected chi connectivity index (χ1v) is 24.1. The number of nitrogens with one attached hydrogen (secondary N) is 6. The number of benzene rings is 2. The van der Waals surface area contributed by atoms with Gasteiger partial charge in [0.15, 0.2) is 5.69 Å². The van der Waals surface area contributed by atoms with Crippen molar-refractivity contribution in [3.8, 4) is 16.9 Å². The Morgan fingerprint density at radius 1 is 0.914 bits per heavy atom. The lowest BCUT2D eigenvalue weighted by molar-refractivity contribution is -0.146. The number of anilines is 1. The highest BCUT2D eigenvalue weighted by Crippen LogP contribution is 2.36. The van der Waals surface area contributed by atoms with Crippen LogP contribution in [0.4, 0.5) is 20.1 Å². The van der Waals surface area contributed by atoms with Crippen LogP contribution >= 0.6 is 11.8 Å². The van der Waals surface area contributed by atoms with Crippen LogP contribution in [0.5, 0.6) is 5.75 Å². The lowest BCUT2D eigenvalue weighted by Crippen LogP contribution is -2.36. The van der Waals surface area contributed by atoms with Crippen LogP contribution in [0, 0.1) is 11.3 Å². The van der Waals surface area contributed by atoms with Crippen LogP contribution in [0.2, 0.25) is 0 Å². The molecule has 1 aliphatic carbocycles. The summed E-state index contributed by atoms with van der Waals surface area (Å²) in [6.07, 6.45) is 2.30. The van der Waals surface area contributed by atoms with Crippen molar-refractivity contribution in [1.29, 1.82) is 5.41 Å². The molecule has 6 rings (SSSR count). The Hall–Kier alpha value is -7.16. The fraction of sp³-hybridized carbons (Fsp3) is 0.449. The minimum absolute atomic E-state index is 0.0374. The molecule has 4 unspecified atom stereocenters. The van der Waals surface area contributed by atoms with Gasteiger partial charge in [0.2, 0.25) is 6.29 Å². The number of ether oxygens (including phenoxy) is 6. The number of methoxy groups -OCH3 is 1. The molecule has 3 heterocycles. The number of amidine groups is 1. The molecule has 21 heteroatoms. The number of esters is 2. The van der Waals surface area contributed by atoms with E-state index in [-0.39, 0.29) is 70.6 Å². The second kappa shape index (κ2) is 24.4. The summed E-state index contributed by atoms with van der Waals surface area (Å²) >= 11 is 1.85. The third-order valence-electron chi connectivity index (χ3n) is 11.3. The molecule has 0 radical (unpaired) electrons. The molecule has 5 amide bonds. The normalized spacial score (nSPS) is 17.6. The monoisotopic (exact) mass is 985 g/mol. The molecule has 3 aromatic rings. The lowest BCUT2D eigenvalue weighted by atomic mass is 9.94. The molecule has 2 aliphatic heterocycles. The summed E-state index contributed by atoms with van der Waals surface area (Å²) in [5.41, 5.74) is 0.811. The number of hydrogen-bond donors (Lipinski definition) is 6. The molecule has 3 aliphatic rings. The van der Waals surface area contributed by atoms with E-state index in [1.54, 1.807) is 20.8 Å². The van der Waals surface area contributed by atoms with Crippen LogP contribution in [0.15, 0.2) is 55.1 Å². The van der Waals surface area contributed by atoms with Crippen molar-refractivity contribution in [1.82, 2.24) is 26.3 Å². The number of nitrogens with zero attached hydrogens (tertiary/aromatic N) is 1. The van der Waals surface area contributed by atoms with Crippen molar-refractivity contribution in [2.45, 2.75) is 108 Å². The first-order chi connectivity index (χ1) is 33.5. The van der Waals surface area contributed by atoms with Gasteiger partial charge in [-0.1, -0.05) is 25.5 Å². The zero-order valence-electron chi connectivity index (χ0n) is 39.7. The third-order valence-corrected chi connectivity index (χ3v) is 12.8. The Bertz CT molecular complexity index is 2460. The molecule has 0 spiro atoms. The molecule has 374 valence electrons. The third kappa shape index (κ3) is 14.7. The molecule has 5 atom stereocenters. The minimum atomic E-state index is -1.43. The van der Waals surface area contributed by atoms with Crippen LogP contribution in [0.1, 0.15) is 115 Å². The van der Waals surface area contributed by atoms with Crippen LogP contribution in [0.3, 0.4) is 0 Å². The van der Waals surface area contributed by atoms with Gasteiger partial charge in [-0.3, -0.25) is 25.1 Å². The van der Waals surface area contributed by atoms with Gasteiger partial charge in [-0.25, -0.2) is 24.2 Å². The number of carbonyl (C=O) groups excluding carboxylic acids is 7. The summed E-state index contributed by atoms with van der Waals surface area (Å²) in [6.45, 7) is 10.2. The SMILES string of the molecule is C=Cc1cc(C(=O)Nc2ccc(C(=N)NC(=O)OC(C)COC(=O)CCCCC[C@H]3SCC4NC(=O)NC43)cc2)c(-c2ccc(C(=O)NCC3CC3)nc2C(=O)OC(C)OC(=O)OC(C)C)cc1OC. The van der Waals surface area contributed by atoms with Gasteiger partial charge in [-0.2, -0.15) is 11.8 Å². The van der Waals surface area contributed by atoms with E-state index in [9.17, 15) is 33.6 Å². The molecule has 2 aromatic carbocycles. The molecule has 20 nitrogen and oxygen atoms in total. The van der Waals surface area contributed by atoms with Gasteiger partial charge in [0.1, 0.15) is 30.0 Å². The zero-order valence-corrected chi connectivity index (χ0v) is 40.5. The zero-order chi connectivity index (χ0) is 50.5. The van der Waals surface area contributed by atoms with Crippen molar-refractivity contribution < 1.29 is 62.0 Å². The van der Waals surface area contributed by atoms with E-state index >= 15 is 0 Å². The first kappa shape index (κ1) is 52.2. The van der Waals surface area contributed by atoms with Gasteiger partial charge >= 0.3 is 30.2 Å². The number of amides is 5. The largest absolute Gasteiger partial charge is 0.511 e. The fourth-order valence-electron chi connectivity index (χ4n) is 7.59. The first-order valence-electron chi connectivity index (χ1n) is 23.1. The molecule has 2 saturated heterocycles. The smallest absolute Gasteiger partial charge is 0.496 e. The Morgan fingerprint density at radius 3 is 2.37 bits per heavy atom. The van der Waals surface area contributed by atoms with Crippen LogP contribution in [-0.2, 0) is 28.5 Å². The van der Waals surface area contributed by atoms with Crippen LogP contribution in [-0.4, -0.2) is 115 Å². The second-order valence-electron chi connectivity index (χ2n) is 17.2. The molecular weight excluding hydrogens is 927 g/mol. The van der Waals surface area contributed by atoms with Gasteiger partial charge in [-0.15, -0.1) is 0 Å². The Balaban J connectivity index is 1.05. The Kier molecular flexibility index (Phi) is 18.2. The van der Waals surface area contributed by atoms with E-state index in [4.69, 9.17) is 33.8 Å². The highest BCUT2D eigenvalue weighted by Gasteiger charge is 2.42. The van der Waals surface area contributed by atoms with Gasteiger partial charge < -0.3 is 49.7 Å². The number of urea groups is 1. The Morgan fingerprint density at radius 2 is 1.67 bits per heavy atom. The minimum Gasteiger partial charge on any atom is -0.496 e. The van der Waals surface area contributed by atoms with Crippen molar-refractivity contribution in [2.75, 3.05) is 31.3 Å². The van der Waals surface area contributed by atoms with E-state index in [0.717, 1.165) is 37.9 Å². The summed E-state index contributed by atoms with van der Waals surface area (Å²) < 4.78 is 31.7. The maximum atomic E-state index is 14.2. The second-order valence-corrected chi connectivity index (χ2v) is 18.5.